The van der Waals surface area contributed by atoms with E-state index in [-0.39, 0.29) is 17.1 Å². The fraction of sp³-hybridized carbons (Fsp3) is 0.304. The number of fused-ring (bicyclic) bond motifs is 1. The van der Waals surface area contributed by atoms with Crippen molar-refractivity contribution in [3.63, 3.8) is 0 Å². The molecule has 1 amide bonds. The van der Waals surface area contributed by atoms with Gasteiger partial charge in [0.15, 0.2) is 0 Å². The third-order valence-electron chi connectivity index (χ3n) is 5.79. The minimum atomic E-state index is -4.94. The number of carbonyl (C=O) groups is 1. The van der Waals surface area contributed by atoms with Gasteiger partial charge in [-0.15, -0.1) is 0 Å². The SMILES string of the molecule is CCC(F)(F)c1cc(C(F)(F)F)cc(C2(O)CC(=O)Nc3c2c(-c2ccccc2)nn3C)c1. The van der Waals surface area contributed by atoms with Crippen LogP contribution >= 0.6 is 0 Å². The molecule has 1 aliphatic rings. The van der Waals surface area contributed by atoms with Gasteiger partial charge in [0, 0.05) is 24.6 Å². The first kappa shape index (κ1) is 22.9. The van der Waals surface area contributed by atoms with Gasteiger partial charge in [-0.1, -0.05) is 37.3 Å². The number of nitrogens with one attached hydrogen (secondary N) is 1. The highest BCUT2D eigenvalue weighted by Crippen LogP contribution is 2.48. The van der Waals surface area contributed by atoms with Crippen molar-refractivity contribution in [2.75, 3.05) is 5.32 Å². The minimum Gasteiger partial charge on any atom is -0.380 e. The zero-order chi connectivity index (χ0) is 24.2. The lowest BCUT2D eigenvalue weighted by Crippen LogP contribution is -2.39. The van der Waals surface area contributed by atoms with Gasteiger partial charge in [-0.3, -0.25) is 9.48 Å². The molecule has 2 heterocycles. The first-order valence-electron chi connectivity index (χ1n) is 10.1. The van der Waals surface area contributed by atoms with E-state index in [1.165, 1.54) is 11.7 Å². The molecule has 1 atom stereocenters. The molecule has 0 aliphatic carbocycles. The van der Waals surface area contributed by atoms with Crippen LogP contribution in [0.1, 0.15) is 42.0 Å². The average Bonchev–Trinajstić information content (AvgIpc) is 3.10. The summed E-state index contributed by atoms with van der Waals surface area (Å²) in [6.07, 6.45) is -6.34. The van der Waals surface area contributed by atoms with Crippen molar-refractivity contribution in [1.82, 2.24) is 9.78 Å². The van der Waals surface area contributed by atoms with Crippen molar-refractivity contribution in [3.05, 3.63) is 70.8 Å². The molecule has 4 rings (SSSR count). The summed E-state index contributed by atoms with van der Waals surface area (Å²) in [5.41, 5.74) is -4.21. The maximum absolute atomic E-state index is 14.5. The van der Waals surface area contributed by atoms with Crippen LogP contribution in [0, 0.1) is 0 Å². The molecular formula is C23H20F5N3O2. The third-order valence-corrected chi connectivity index (χ3v) is 5.79. The van der Waals surface area contributed by atoms with E-state index in [1.54, 1.807) is 30.3 Å². The Hall–Kier alpha value is -3.27. The molecule has 1 aliphatic heterocycles. The van der Waals surface area contributed by atoms with E-state index in [0.717, 1.165) is 13.0 Å². The number of halogens is 5. The number of benzene rings is 2. The van der Waals surface area contributed by atoms with Gasteiger partial charge in [0.05, 0.1) is 17.5 Å². The van der Waals surface area contributed by atoms with Gasteiger partial charge in [-0.05, 0) is 23.8 Å². The maximum atomic E-state index is 14.5. The lowest BCUT2D eigenvalue weighted by atomic mass is 9.78. The van der Waals surface area contributed by atoms with Crippen molar-refractivity contribution in [2.45, 2.75) is 37.5 Å². The molecule has 33 heavy (non-hydrogen) atoms. The molecular weight excluding hydrogens is 445 g/mol. The Bertz CT molecular complexity index is 1220. The molecule has 0 fully saturated rings. The van der Waals surface area contributed by atoms with Crippen LogP contribution in [0.3, 0.4) is 0 Å². The Morgan fingerprint density at radius 3 is 2.33 bits per heavy atom. The van der Waals surface area contributed by atoms with Gasteiger partial charge >= 0.3 is 6.18 Å². The number of amides is 1. The van der Waals surface area contributed by atoms with E-state index < -0.39 is 53.1 Å². The van der Waals surface area contributed by atoms with Gasteiger partial charge in [0.1, 0.15) is 17.1 Å². The van der Waals surface area contributed by atoms with E-state index in [0.29, 0.717) is 17.7 Å². The van der Waals surface area contributed by atoms with Crippen molar-refractivity contribution in [2.24, 2.45) is 7.05 Å². The molecule has 0 saturated heterocycles. The molecule has 0 saturated carbocycles. The summed E-state index contributed by atoms with van der Waals surface area (Å²) in [4.78, 5) is 12.4. The number of hydrogen-bond acceptors (Lipinski definition) is 3. The second-order valence-corrected chi connectivity index (χ2v) is 8.00. The largest absolute Gasteiger partial charge is 0.416 e. The quantitative estimate of drug-likeness (QED) is 0.522. The zero-order valence-corrected chi connectivity index (χ0v) is 17.7. The topological polar surface area (TPSA) is 67.2 Å². The normalized spacial score (nSPS) is 18.7. The summed E-state index contributed by atoms with van der Waals surface area (Å²) in [6.45, 7) is 1.15. The van der Waals surface area contributed by atoms with Crippen LogP contribution in [-0.4, -0.2) is 20.8 Å². The van der Waals surface area contributed by atoms with Crippen LogP contribution in [0.2, 0.25) is 0 Å². The van der Waals surface area contributed by atoms with Gasteiger partial charge in [-0.25, -0.2) is 8.78 Å². The van der Waals surface area contributed by atoms with Gasteiger partial charge < -0.3 is 10.4 Å². The van der Waals surface area contributed by atoms with Crippen LogP contribution in [0.4, 0.5) is 27.8 Å². The maximum Gasteiger partial charge on any atom is 0.416 e. The second kappa shape index (κ2) is 7.65. The molecule has 10 heteroatoms. The number of rotatable bonds is 4. The van der Waals surface area contributed by atoms with Crippen molar-refractivity contribution in [3.8, 4) is 11.3 Å². The minimum absolute atomic E-state index is 0.0425. The highest BCUT2D eigenvalue weighted by atomic mass is 19.4. The molecule has 0 radical (unpaired) electrons. The summed E-state index contributed by atoms with van der Waals surface area (Å²) >= 11 is 0. The first-order chi connectivity index (χ1) is 15.4. The smallest absolute Gasteiger partial charge is 0.380 e. The van der Waals surface area contributed by atoms with Crippen molar-refractivity contribution >= 4 is 11.7 Å². The highest BCUT2D eigenvalue weighted by molar-refractivity contribution is 5.97. The third kappa shape index (κ3) is 3.88. The number of hydrogen-bond donors (Lipinski definition) is 2. The first-order valence-corrected chi connectivity index (χ1v) is 10.1. The lowest BCUT2D eigenvalue weighted by Gasteiger charge is -2.34. The Morgan fingerprint density at radius 1 is 1.09 bits per heavy atom. The summed E-state index contributed by atoms with van der Waals surface area (Å²) < 4.78 is 71.2. The van der Waals surface area contributed by atoms with Crippen molar-refractivity contribution < 1.29 is 31.9 Å². The number of nitrogens with zero attached hydrogens (tertiary/aromatic N) is 2. The summed E-state index contributed by atoms with van der Waals surface area (Å²) in [5, 5.41) is 18.7. The Kier molecular flexibility index (Phi) is 5.31. The summed E-state index contributed by atoms with van der Waals surface area (Å²) in [5.74, 6) is -4.17. The molecule has 0 bridgehead atoms. The molecule has 174 valence electrons. The van der Waals surface area contributed by atoms with E-state index in [1.807, 2.05) is 0 Å². The number of aromatic nitrogens is 2. The van der Waals surface area contributed by atoms with E-state index in [9.17, 15) is 31.9 Å². The number of alkyl halides is 5. The highest BCUT2D eigenvalue weighted by Gasteiger charge is 2.47. The molecule has 0 spiro atoms. The molecule has 1 unspecified atom stereocenters. The van der Waals surface area contributed by atoms with Gasteiger partial charge in [-0.2, -0.15) is 18.3 Å². The predicted molar refractivity (Wildman–Crippen MR) is 111 cm³/mol. The average molecular weight is 465 g/mol. The van der Waals surface area contributed by atoms with Gasteiger partial charge in [0.2, 0.25) is 5.91 Å². The van der Waals surface area contributed by atoms with E-state index in [2.05, 4.69) is 10.4 Å². The number of carbonyl (C=O) groups excluding carboxylic acids is 1. The van der Waals surface area contributed by atoms with E-state index >= 15 is 0 Å². The van der Waals surface area contributed by atoms with Crippen LogP contribution in [-0.2, 0) is 29.5 Å². The standard InChI is InChI=1S/C23H20F5N3O2/c1-3-22(24,25)15-9-14(10-16(11-15)23(26,27)28)21(33)12-17(32)29-20-18(21)19(30-31(20)2)13-7-5-4-6-8-13/h4-11,33H,3,12H2,1-2H3,(H,29,32). The fourth-order valence-electron chi connectivity index (χ4n) is 4.05. The zero-order valence-electron chi connectivity index (χ0n) is 17.7. The molecule has 2 aromatic carbocycles. The Labute approximate surface area is 185 Å². The summed E-state index contributed by atoms with van der Waals surface area (Å²) in [6, 6.07) is 10.4. The second-order valence-electron chi connectivity index (χ2n) is 8.00. The molecule has 1 aromatic heterocycles. The molecule has 5 nitrogen and oxygen atoms in total. The predicted octanol–water partition coefficient (Wildman–Crippen LogP) is 5.19. The Balaban J connectivity index is 2.03. The van der Waals surface area contributed by atoms with Crippen LogP contribution < -0.4 is 5.32 Å². The van der Waals surface area contributed by atoms with Crippen molar-refractivity contribution in [1.29, 1.82) is 0 Å². The van der Waals surface area contributed by atoms with E-state index in [4.69, 9.17) is 0 Å². The molecule has 2 N–H and O–H groups in total. The summed E-state index contributed by atoms with van der Waals surface area (Å²) in [7, 11) is 1.50. The molecule has 3 aromatic rings. The number of anilines is 1. The van der Waals surface area contributed by atoms with Crippen LogP contribution in [0.15, 0.2) is 48.5 Å². The number of aliphatic hydroxyl groups is 1. The van der Waals surface area contributed by atoms with Crippen LogP contribution in [0.5, 0.6) is 0 Å². The monoisotopic (exact) mass is 465 g/mol. The number of aryl methyl sites for hydroxylation is 1. The fourth-order valence-corrected chi connectivity index (χ4v) is 4.05. The Morgan fingerprint density at radius 2 is 1.73 bits per heavy atom. The lowest BCUT2D eigenvalue weighted by molar-refractivity contribution is -0.138. The van der Waals surface area contributed by atoms with Gasteiger partial charge in [0.25, 0.3) is 5.92 Å². The van der Waals surface area contributed by atoms with Crippen LogP contribution in [0.25, 0.3) is 11.3 Å².